The second kappa shape index (κ2) is 5.10. The number of hydrogen-bond acceptors (Lipinski definition) is 0. The molecule has 0 heterocycles. The van der Waals surface area contributed by atoms with Gasteiger partial charge < -0.3 is 0 Å². The third kappa shape index (κ3) is 2.99. The predicted octanol–water partition coefficient (Wildman–Crippen LogP) is 3.24. The average Bonchev–Trinajstić information content (AvgIpc) is 1.87. The van der Waals surface area contributed by atoms with E-state index in [1.807, 2.05) is 0 Å². The first-order valence-electron chi connectivity index (χ1n) is 3.53. The molecule has 0 unspecified atom stereocenters. The molecule has 0 saturated heterocycles. The Morgan fingerprint density at radius 1 is 1.40 bits per heavy atom. The van der Waals surface area contributed by atoms with Gasteiger partial charge in [-0.3, -0.25) is 0 Å². The van der Waals surface area contributed by atoms with Gasteiger partial charge in [0.2, 0.25) is 0 Å². The minimum atomic E-state index is -0.00505. The Morgan fingerprint density at radius 3 is 3.10 bits per heavy atom. The fourth-order valence-electron chi connectivity index (χ4n) is 0.957. The molecule has 0 aromatic heterocycles. The molecule has 0 fully saturated rings. The van der Waals surface area contributed by atoms with Gasteiger partial charge in [-0.25, -0.2) is 0 Å². The van der Waals surface area contributed by atoms with Gasteiger partial charge in [-0.15, -0.1) is 0 Å². The number of halogens is 1. The van der Waals surface area contributed by atoms with E-state index in [1.165, 1.54) is 29.9 Å². The zero-order chi connectivity index (χ0) is 7.23. The van der Waals surface area contributed by atoms with Crippen molar-refractivity contribution in [3.63, 3.8) is 0 Å². The molecule has 0 radical (unpaired) electrons. The zero-order valence-electron chi connectivity index (χ0n) is 5.79. The molecule has 2 heteroatoms. The molecule has 0 nitrogen and oxygen atoms in total. The van der Waals surface area contributed by atoms with Crippen LogP contribution in [0.4, 0.5) is 0 Å². The summed E-state index contributed by atoms with van der Waals surface area (Å²) in [6.07, 6.45) is 11.7. The van der Waals surface area contributed by atoms with Crippen molar-refractivity contribution >= 4 is 9.69 Å². The first-order valence-corrected chi connectivity index (χ1v) is 6.63. The van der Waals surface area contributed by atoms with Crippen LogP contribution in [0.5, 0.6) is 0 Å². The van der Waals surface area contributed by atoms with E-state index < -0.39 is 0 Å². The first kappa shape index (κ1) is 8.49. The van der Waals surface area contributed by atoms with E-state index in [-0.39, 0.29) is 16.1 Å². The Kier molecular flexibility index (Phi) is 4.33. The van der Waals surface area contributed by atoms with Crippen LogP contribution >= 0.6 is 9.69 Å². The summed E-state index contributed by atoms with van der Waals surface area (Å²) in [7, 11) is 5.79. The summed E-state index contributed by atoms with van der Waals surface area (Å²) in [4.78, 5) is 0. The van der Waals surface area contributed by atoms with Gasteiger partial charge >= 0.3 is 73.9 Å². The molecule has 0 atom stereocenters. The number of rotatable bonds is 1. The SMILES string of the molecule is [Cl][Ru][C]1=CC=CCCCC1. The third-order valence-electron chi connectivity index (χ3n) is 1.53. The van der Waals surface area contributed by atoms with Crippen LogP contribution in [0.15, 0.2) is 22.4 Å². The van der Waals surface area contributed by atoms with Gasteiger partial charge in [0.25, 0.3) is 0 Å². The maximum absolute atomic E-state index is 5.79. The molecule has 0 bridgehead atoms. The van der Waals surface area contributed by atoms with Crippen molar-refractivity contribution in [2.75, 3.05) is 0 Å². The maximum atomic E-state index is 5.79. The average molecular weight is 244 g/mol. The molecule has 58 valence electrons. The van der Waals surface area contributed by atoms with Gasteiger partial charge in [0.05, 0.1) is 0 Å². The normalized spacial score (nSPS) is 19.9. The third-order valence-corrected chi connectivity index (χ3v) is 3.69. The summed E-state index contributed by atoms with van der Waals surface area (Å²) >= 11 is -0.00505. The number of allylic oxidation sites excluding steroid dienone is 4. The Hall–Kier alpha value is 0.393. The van der Waals surface area contributed by atoms with Crippen LogP contribution in [0.25, 0.3) is 0 Å². The van der Waals surface area contributed by atoms with Crippen molar-refractivity contribution in [1.82, 2.24) is 0 Å². The Bertz CT molecular complexity index is 149. The molecule has 1 rings (SSSR count). The van der Waals surface area contributed by atoms with Crippen molar-refractivity contribution in [2.24, 2.45) is 0 Å². The van der Waals surface area contributed by atoms with Crippen LogP contribution in [0.1, 0.15) is 25.7 Å². The molecule has 0 aromatic carbocycles. The summed E-state index contributed by atoms with van der Waals surface area (Å²) in [6, 6.07) is 0. The molecule has 0 N–H and O–H groups in total. The van der Waals surface area contributed by atoms with E-state index in [0.29, 0.717) is 0 Å². The molecule has 0 aromatic rings. The van der Waals surface area contributed by atoms with Crippen LogP contribution in [0, 0.1) is 0 Å². The van der Waals surface area contributed by atoms with Crippen LogP contribution < -0.4 is 0 Å². The van der Waals surface area contributed by atoms with Crippen molar-refractivity contribution in [3.05, 3.63) is 22.4 Å². The fraction of sp³-hybridized carbons (Fsp3) is 0.500. The van der Waals surface area contributed by atoms with Crippen molar-refractivity contribution in [3.8, 4) is 0 Å². The van der Waals surface area contributed by atoms with Crippen LogP contribution in [0.3, 0.4) is 0 Å². The first-order chi connectivity index (χ1) is 4.93. The van der Waals surface area contributed by atoms with E-state index in [0.717, 1.165) is 0 Å². The minimum absolute atomic E-state index is 0.00505. The van der Waals surface area contributed by atoms with E-state index in [2.05, 4.69) is 18.2 Å². The monoisotopic (exact) mass is 244 g/mol. The standard InChI is InChI=1S/C8H11.ClH.Ru/c1-2-4-6-8-7-5-3-1;;/h1-3H,4,6-8H2;1H;/q;;+1/p-1. The summed E-state index contributed by atoms with van der Waals surface area (Å²) in [5, 5.41) is 0. The van der Waals surface area contributed by atoms with Gasteiger partial charge in [0.1, 0.15) is 0 Å². The van der Waals surface area contributed by atoms with Crippen LogP contribution in [0.2, 0.25) is 0 Å². The molecular weight excluding hydrogens is 233 g/mol. The van der Waals surface area contributed by atoms with Crippen molar-refractivity contribution in [1.29, 1.82) is 0 Å². The van der Waals surface area contributed by atoms with Gasteiger partial charge in [-0.1, -0.05) is 0 Å². The molecule has 0 saturated carbocycles. The molecular formula is C8H11ClRu. The molecule has 0 aliphatic heterocycles. The topological polar surface area (TPSA) is 0 Å². The Balaban J connectivity index is 2.49. The van der Waals surface area contributed by atoms with Crippen molar-refractivity contribution in [2.45, 2.75) is 25.7 Å². The summed E-state index contributed by atoms with van der Waals surface area (Å²) in [5.74, 6) is 0. The number of hydrogen-bond donors (Lipinski definition) is 0. The van der Waals surface area contributed by atoms with Gasteiger partial charge in [-0.2, -0.15) is 0 Å². The summed E-state index contributed by atoms with van der Waals surface area (Å²) in [5.41, 5.74) is 0. The fourth-order valence-corrected chi connectivity index (χ4v) is 2.36. The quantitative estimate of drug-likeness (QED) is 0.621. The van der Waals surface area contributed by atoms with Gasteiger partial charge in [-0.05, 0) is 0 Å². The van der Waals surface area contributed by atoms with E-state index >= 15 is 0 Å². The summed E-state index contributed by atoms with van der Waals surface area (Å²) in [6.45, 7) is 0. The molecule has 0 amide bonds. The zero-order valence-corrected chi connectivity index (χ0v) is 8.29. The summed E-state index contributed by atoms with van der Waals surface area (Å²) < 4.78 is 1.46. The van der Waals surface area contributed by atoms with Crippen LogP contribution in [-0.2, 0) is 16.1 Å². The van der Waals surface area contributed by atoms with Crippen LogP contribution in [-0.4, -0.2) is 0 Å². The molecule has 10 heavy (non-hydrogen) atoms. The van der Waals surface area contributed by atoms with E-state index in [9.17, 15) is 0 Å². The van der Waals surface area contributed by atoms with Gasteiger partial charge in [0.15, 0.2) is 0 Å². The molecule has 1 aliphatic carbocycles. The molecule has 0 spiro atoms. The van der Waals surface area contributed by atoms with Crippen molar-refractivity contribution < 1.29 is 16.1 Å². The van der Waals surface area contributed by atoms with E-state index in [1.54, 1.807) is 0 Å². The second-order valence-corrected chi connectivity index (χ2v) is 4.57. The molecule has 1 aliphatic rings. The Morgan fingerprint density at radius 2 is 2.30 bits per heavy atom. The van der Waals surface area contributed by atoms with Gasteiger partial charge in [0, 0.05) is 0 Å². The predicted molar refractivity (Wildman–Crippen MR) is 41.5 cm³/mol. The van der Waals surface area contributed by atoms with E-state index in [4.69, 9.17) is 9.69 Å². The second-order valence-electron chi connectivity index (χ2n) is 2.34. The Labute approximate surface area is 74.0 Å².